The average molecular weight is 187 g/mol. The second kappa shape index (κ2) is 3.78. The summed E-state index contributed by atoms with van der Waals surface area (Å²) in [6, 6.07) is 3.47. The number of phenolic OH excluding ortho intramolecular Hbond substituents is 1. The van der Waals surface area contributed by atoms with Crippen molar-refractivity contribution in [2.24, 2.45) is 0 Å². The Labute approximate surface area is 76.4 Å². The van der Waals surface area contributed by atoms with Gasteiger partial charge in [0.2, 0.25) is 0 Å². The van der Waals surface area contributed by atoms with E-state index < -0.39 is 0 Å². The van der Waals surface area contributed by atoms with Crippen molar-refractivity contribution in [1.82, 2.24) is 0 Å². The second-order valence-electron chi connectivity index (χ2n) is 2.67. The fourth-order valence-electron chi connectivity index (χ4n) is 1.14. The zero-order chi connectivity index (χ0) is 9.14. The third-order valence-corrected chi connectivity index (χ3v) is 2.13. The predicted molar refractivity (Wildman–Crippen MR) is 48.6 cm³/mol. The Hall–Kier alpha value is -0.730. The molecule has 0 aliphatic heterocycles. The van der Waals surface area contributed by atoms with Crippen LogP contribution in [0.25, 0.3) is 0 Å². The van der Waals surface area contributed by atoms with Crippen LogP contribution in [0.15, 0.2) is 12.1 Å². The summed E-state index contributed by atoms with van der Waals surface area (Å²) < 4.78 is 0. The van der Waals surface area contributed by atoms with Gasteiger partial charge in [-0.2, -0.15) is 0 Å². The molecule has 0 saturated carbocycles. The number of hydrogen-bond acceptors (Lipinski definition) is 2. The average Bonchev–Trinajstić information content (AvgIpc) is 2.06. The van der Waals surface area contributed by atoms with E-state index >= 15 is 0 Å². The minimum absolute atomic E-state index is 0.0226. The lowest BCUT2D eigenvalue weighted by Gasteiger charge is -2.07. The Morgan fingerprint density at radius 1 is 1.42 bits per heavy atom. The highest BCUT2D eigenvalue weighted by Gasteiger charge is 2.07. The van der Waals surface area contributed by atoms with Gasteiger partial charge in [-0.05, 0) is 25.0 Å². The van der Waals surface area contributed by atoms with Gasteiger partial charge in [-0.1, -0.05) is 17.7 Å². The molecule has 1 rings (SSSR count). The Morgan fingerprint density at radius 2 is 2.08 bits per heavy atom. The molecule has 2 nitrogen and oxygen atoms in total. The maximum atomic E-state index is 9.47. The monoisotopic (exact) mass is 186 g/mol. The van der Waals surface area contributed by atoms with Crippen molar-refractivity contribution in [3.8, 4) is 5.75 Å². The SMILES string of the molecule is Cc1ccc(Cl)c(O)c1CCO. The number of rotatable bonds is 2. The van der Waals surface area contributed by atoms with Gasteiger partial charge in [0, 0.05) is 12.2 Å². The van der Waals surface area contributed by atoms with Crippen LogP contribution in [0.5, 0.6) is 5.75 Å². The first-order valence-electron chi connectivity index (χ1n) is 3.74. The van der Waals surface area contributed by atoms with Crippen LogP contribution in [-0.4, -0.2) is 16.8 Å². The molecule has 66 valence electrons. The van der Waals surface area contributed by atoms with E-state index in [9.17, 15) is 5.11 Å². The van der Waals surface area contributed by atoms with Gasteiger partial charge in [0.15, 0.2) is 0 Å². The molecule has 1 aromatic carbocycles. The molecule has 0 saturated heterocycles. The highest BCUT2D eigenvalue weighted by Crippen LogP contribution is 2.29. The molecular formula is C9H11ClO2. The van der Waals surface area contributed by atoms with Crippen molar-refractivity contribution in [3.05, 3.63) is 28.3 Å². The fourth-order valence-corrected chi connectivity index (χ4v) is 1.31. The normalized spacial score (nSPS) is 10.2. The number of hydrogen-bond donors (Lipinski definition) is 2. The number of aliphatic hydroxyl groups is 1. The van der Waals surface area contributed by atoms with E-state index in [2.05, 4.69) is 0 Å². The summed E-state index contributed by atoms with van der Waals surface area (Å²) in [5, 5.41) is 18.5. The third-order valence-electron chi connectivity index (χ3n) is 1.83. The van der Waals surface area contributed by atoms with Crippen molar-refractivity contribution >= 4 is 11.6 Å². The largest absolute Gasteiger partial charge is 0.506 e. The summed E-state index contributed by atoms with van der Waals surface area (Å²) in [4.78, 5) is 0. The van der Waals surface area contributed by atoms with Crippen molar-refractivity contribution in [1.29, 1.82) is 0 Å². The highest BCUT2D eigenvalue weighted by atomic mass is 35.5. The van der Waals surface area contributed by atoms with E-state index in [-0.39, 0.29) is 12.4 Å². The smallest absolute Gasteiger partial charge is 0.137 e. The van der Waals surface area contributed by atoms with Gasteiger partial charge in [0.1, 0.15) is 5.75 Å². The molecule has 1 aromatic rings. The lowest BCUT2D eigenvalue weighted by molar-refractivity contribution is 0.297. The van der Waals surface area contributed by atoms with Crippen molar-refractivity contribution in [2.75, 3.05) is 6.61 Å². The summed E-state index contributed by atoms with van der Waals surface area (Å²) in [5.41, 5.74) is 1.68. The van der Waals surface area contributed by atoms with Gasteiger partial charge in [0.05, 0.1) is 5.02 Å². The molecule has 0 bridgehead atoms. The first-order valence-corrected chi connectivity index (χ1v) is 4.12. The van der Waals surface area contributed by atoms with E-state index in [0.717, 1.165) is 11.1 Å². The molecule has 0 fully saturated rings. The zero-order valence-electron chi connectivity index (χ0n) is 6.84. The molecule has 0 aliphatic carbocycles. The summed E-state index contributed by atoms with van der Waals surface area (Å²) >= 11 is 5.69. The zero-order valence-corrected chi connectivity index (χ0v) is 7.60. The molecule has 0 aromatic heterocycles. The summed E-state index contributed by atoms with van der Waals surface area (Å²) in [6.45, 7) is 1.90. The Kier molecular flexibility index (Phi) is 2.95. The van der Waals surface area contributed by atoms with Gasteiger partial charge in [-0.25, -0.2) is 0 Å². The quantitative estimate of drug-likeness (QED) is 0.741. The Morgan fingerprint density at radius 3 is 2.67 bits per heavy atom. The number of aromatic hydroxyl groups is 1. The fraction of sp³-hybridized carbons (Fsp3) is 0.333. The van der Waals surface area contributed by atoms with Gasteiger partial charge in [0.25, 0.3) is 0 Å². The number of aryl methyl sites for hydroxylation is 1. The second-order valence-corrected chi connectivity index (χ2v) is 3.07. The molecule has 12 heavy (non-hydrogen) atoms. The van der Waals surface area contributed by atoms with Crippen LogP contribution in [0.4, 0.5) is 0 Å². The molecule has 0 atom stereocenters. The van der Waals surface area contributed by atoms with Crippen LogP contribution >= 0.6 is 11.6 Å². The van der Waals surface area contributed by atoms with Crippen LogP contribution in [-0.2, 0) is 6.42 Å². The van der Waals surface area contributed by atoms with Gasteiger partial charge in [-0.3, -0.25) is 0 Å². The lowest BCUT2D eigenvalue weighted by atomic mass is 10.1. The topological polar surface area (TPSA) is 40.5 Å². The van der Waals surface area contributed by atoms with Crippen molar-refractivity contribution < 1.29 is 10.2 Å². The molecule has 0 aliphatic rings. The van der Waals surface area contributed by atoms with E-state index in [1.165, 1.54) is 0 Å². The molecule has 0 spiro atoms. The first kappa shape index (κ1) is 9.36. The molecular weight excluding hydrogens is 176 g/mol. The summed E-state index contributed by atoms with van der Waals surface area (Å²) in [5.74, 6) is 0.0886. The molecule has 3 heteroatoms. The van der Waals surface area contributed by atoms with Crippen LogP contribution in [0.1, 0.15) is 11.1 Å². The van der Waals surface area contributed by atoms with E-state index in [0.29, 0.717) is 11.4 Å². The minimum atomic E-state index is 0.0226. The lowest BCUT2D eigenvalue weighted by Crippen LogP contribution is -1.94. The first-order chi connectivity index (χ1) is 5.66. The minimum Gasteiger partial charge on any atom is -0.506 e. The maximum absolute atomic E-state index is 9.47. The van der Waals surface area contributed by atoms with Crippen LogP contribution < -0.4 is 0 Å². The number of phenols is 1. The predicted octanol–water partition coefficient (Wildman–Crippen LogP) is 1.89. The third kappa shape index (κ3) is 1.71. The van der Waals surface area contributed by atoms with Gasteiger partial charge < -0.3 is 10.2 Å². The summed E-state index contributed by atoms with van der Waals surface area (Å²) in [6.07, 6.45) is 0.443. The Bertz CT molecular complexity index is 284. The standard InChI is InChI=1S/C9H11ClO2/c1-6-2-3-8(10)9(12)7(6)4-5-11/h2-3,11-12H,4-5H2,1H3. The van der Waals surface area contributed by atoms with Crippen LogP contribution in [0.3, 0.4) is 0 Å². The van der Waals surface area contributed by atoms with E-state index in [1.54, 1.807) is 6.07 Å². The molecule has 0 radical (unpaired) electrons. The van der Waals surface area contributed by atoms with E-state index in [4.69, 9.17) is 16.7 Å². The number of halogens is 1. The van der Waals surface area contributed by atoms with Gasteiger partial charge >= 0.3 is 0 Å². The maximum Gasteiger partial charge on any atom is 0.137 e. The van der Waals surface area contributed by atoms with Gasteiger partial charge in [-0.15, -0.1) is 0 Å². The molecule has 0 heterocycles. The van der Waals surface area contributed by atoms with Crippen LogP contribution in [0, 0.1) is 6.92 Å². The van der Waals surface area contributed by atoms with Crippen LogP contribution in [0.2, 0.25) is 5.02 Å². The van der Waals surface area contributed by atoms with Crippen molar-refractivity contribution in [3.63, 3.8) is 0 Å². The number of aliphatic hydroxyl groups excluding tert-OH is 1. The molecule has 0 amide bonds. The molecule has 0 unspecified atom stereocenters. The highest BCUT2D eigenvalue weighted by molar-refractivity contribution is 6.32. The van der Waals surface area contributed by atoms with E-state index in [1.807, 2.05) is 13.0 Å². The number of benzene rings is 1. The Balaban J connectivity index is 3.14. The van der Waals surface area contributed by atoms with Crippen molar-refractivity contribution in [2.45, 2.75) is 13.3 Å². The summed E-state index contributed by atoms with van der Waals surface area (Å²) in [7, 11) is 0. The molecule has 2 N–H and O–H groups in total.